The monoisotopic (exact) mass is 619 g/mol. The third kappa shape index (κ3) is 5.53. The van der Waals surface area contributed by atoms with Crippen molar-refractivity contribution < 1.29 is 55.2 Å². The molecule has 1 amide bonds. The largest absolute Gasteiger partial charge is 0.482 e. The predicted octanol–water partition coefficient (Wildman–Crippen LogP) is 5.64. The molecule has 1 aliphatic rings. The van der Waals surface area contributed by atoms with Gasteiger partial charge in [0.05, 0.1) is 12.8 Å². The van der Waals surface area contributed by atoms with Crippen molar-refractivity contribution in [1.29, 1.82) is 0 Å². The average Bonchev–Trinajstić information content (AvgIpc) is 2.92. The van der Waals surface area contributed by atoms with Crippen LogP contribution in [0.3, 0.4) is 0 Å². The first-order valence-corrected chi connectivity index (χ1v) is 12.2. The van der Waals surface area contributed by atoms with E-state index in [-0.39, 0.29) is 34.4 Å². The summed E-state index contributed by atoms with van der Waals surface area (Å²) in [5, 5.41) is 10.9. The number of likely N-dealkylation sites (N-methyl/N-ethyl adjacent to an activating group) is 1. The van der Waals surface area contributed by atoms with Gasteiger partial charge in [-0.15, -0.1) is 0 Å². The fourth-order valence-corrected chi connectivity index (χ4v) is 4.65. The maximum atomic E-state index is 14.5. The minimum Gasteiger partial charge on any atom is -0.482 e. The van der Waals surface area contributed by atoms with Crippen LogP contribution in [0.4, 0.5) is 32.0 Å². The van der Waals surface area contributed by atoms with Gasteiger partial charge in [0.2, 0.25) is 0 Å². The second-order valence-electron chi connectivity index (χ2n) is 9.10. The molecule has 2 atom stereocenters. The fourth-order valence-electron chi connectivity index (χ4n) is 4.31. The number of aromatic nitrogens is 2. The number of halogens is 7. The first kappa shape index (κ1) is 30.8. The molecule has 1 N–H and O–H groups in total. The van der Waals surface area contributed by atoms with Crippen molar-refractivity contribution in [3.8, 4) is 17.5 Å². The Kier molecular flexibility index (Phi) is 8.04. The molecule has 0 spiro atoms. The zero-order valence-corrected chi connectivity index (χ0v) is 22.6. The number of carbonyl (C=O) groups is 2. The van der Waals surface area contributed by atoms with Gasteiger partial charge in [0.1, 0.15) is 17.1 Å². The molecular weight excluding hydrogens is 600 g/mol. The highest BCUT2D eigenvalue weighted by atomic mass is 35.5. The Hall–Kier alpha value is -4.11. The van der Waals surface area contributed by atoms with Crippen LogP contribution < -0.4 is 14.4 Å². The number of methoxy groups -OCH3 is 1. The molecule has 0 fully saturated rings. The van der Waals surface area contributed by atoms with Gasteiger partial charge in [-0.1, -0.05) is 30.7 Å². The molecule has 2 aromatic carbocycles. The summed E-state index contributed by atoms with van der Waals surface area (Å²) in [5.41, 5.74) is -6.88. The lowest BCUT2D eigenvalue weighted by Crippen LogP contribution is -2.47. The standard InChI is InChI=1S/C26H20ClF6N3O6/c1-12(24(39,26(31,32)33)13-4-7-19-18(8-13)36(2)20(37)11-41-19)15-6-5-14(9-17(15)27)42-23-34-10-16(22(38)40-3)21(35-23)25(28,29)30/h4-10,12,39H,11H2,1-3H3/t12-,24-/m1/s1. The van der Waals surface area contributed by atoms with Gasteiger partial charge < -0.3 is 24.2 Å². The third-order valence-electron chi connectivity index (χ3n) is 6.63. The van der Waals surface area contributed by atoms with Crippen LogP contribution in [0.1, 0.15) is 40.0 Å². The Bertz CT molecular complexity index is 1550. The SMILES string of the molecule is COC(=O)c1cnc(Oc2ccc([C@@H](C)[C@@](O)(c3ccc4c(c3)N(C)C(=O)CO4)C(F)(F)F)c(Cl)c2)nc1C(F)(F)F. The number of fused-ring (bicyclic) bond motifs is 1. The quantitative estimate of drug-likeness (QED) is 0.279. The number of benzene rings is 2. The van der Waals surface area contributed by atoms with Crippen molar-refractivity contribution in [1.82, 2.24) is 9.97 Å². The van der Waals surface area contributed by atoms with Crippen LogP contribution in [0.5, 0.6) is 17.5 Å². The molecule has 0 radical (unpaired) electrons. The molecule has 0 aliphatic carbocycles. The van der Waals surface area contributed by atoms with Crippen molar-refractivity contribution in [3.05, 3.63) is 70.0 Å². The molecule has 0 saturated carbocycles. The van der Waals surface area contributed by atoms with E-state index in [1.165, 1.54) is 13.1 Å². The molecule has 9 nitrogen and oxygen atoms in total. The molecule has 42 heavy (non-hydrogen) atoms. The Morgan fingerprint density at radius 2 is 1.83 bits per heavy atom. The van der Waals surface area contributed by atoms with Crippen molar-refractivity contribution in [2.45, 2.75) is 30.8 Å². The highest BCUT2D eigenvalue weighted by molar-refractivity contribution is 6.31. The van der Waals surface area contributed by atoms with E-state index in [0.29, 0.717) is 6.20 Å². The van der Waals surface area contributed by atoms with Gasteiger partial charge in [-0.2, -0.15) is 31.3 Å². The van der Waals surface area contributed by atoms with Gasteiger partial charge in [0.15, 0.2) is 17.9 Å². The molecule has 16 heteroatoms. The maximum Gasteiger partial charge on any atom is 0.434 e. The summed E-state index contributed by atoms with van der Waals surface area (Å²) >= 11 is 6.27. The second kappa shape index (κ2) is 10.9. The number of carbonyl (C=O) groups excluding carboxylic acids is 2. The third-order valence-corrected chi connectivity index (χ3v) is 6.96. The lowest BCUT2D eigenvalue weighted by Gasteiger charge is -2.38. The minimum absolute atomic E-state index is 0.0184. The Balaban J connectivity index is 1.69. The first-order valence-electron chi connectivity index (χ1n) is 11.8. The van der Waals surface area contributed by atoms with E-state index in [1.807, 2.05) is 0 Å². The van der Waals surface area contributed by atoms with Crippen molar-refractivity contribution in [2.75, 3.05) is 25.7 Å². The number of hydrogen-bond donors (Lipinski definition) is 1. The van der Waals surface area contributed by atoms with E-state index in [0.717, 1.165) is 49.3 Å². The minimum atomic E-state index is -5.24. The van der Waals surface area contributed by atoms with Crippen LogP contribution in [-0.2, 0) is 21.3 Å². The molecule has 3 aromatic rings. The van der Waals surface area contributed by atoms with Gasteiger partial charge in [0, 0.05) is 24.2 Å². The number of anilines is 1. The first-order chi connectivity index (χ1) is 19.5. The zero-order chi connectivity index (χ0) is 31.2. The number of nitrogens with zero attached hydrogens (tertiary/aromatic N) is 3. The van der Waals surface area contributed by atoms with Crippen LogP contribution in [0.15, 0.2) is 42.6 Å². The molecule has 0 saturated heterocycles. The summed E-state index contributed by atoms with van der Waals surface area (Å²) in [4.78, 5) is 31.6. The molecule has 1 aromatic heterocycles. The molecule has 4 rings (SSSR count). The summed E-state index contributed by atoms with van der Waals surface area (Å²) in [6.07, 6.45) is -9.76. The highest BCUT2D eigenvalue weighted by Gasteiger charge is 2.59. The van der Waals surface area contributed by atoms with Crippen molar-refractivity contribution in [2.24, 2.45) is 0 Å². The number of amides is 1. The number of aliphatic hydroxyl groups is 1. The normalized spacial score (nSPS) is 15.8. The maximum absolute atomic E-state index is 14.5. The predicted molar refractivity (Wildman–Crippen MR) is 134 cm³/mol. The average molecular weight is 620 g/mol. The summed E-state index contributed by atoms with van der Waals surface area (Å²) in [5.74, 6) is -3.69. The van der Waals surface area contributed by atoms with Gasteiger partial charge >= 0.3 is 24.3 Å². The molecule has 0 bridgehead atoms. The van der Waals surface area contributed by atoms with Crippen molar-refractivity contribution >= 4 is 29.2 Å². The molecule has 224 valence electrons. The molecule has 1 aliphatic heterocycles. The van der Waals surface area contributed by atoms with Crippen LogP contribution in [0.25, 0.3) is 0 Å². The fraction of sp³-hybridized carbons (Fsp3) is 0.308. The van der Waals surface area contributed by atoms with E-state index in [2.05, 4.69) is 14.7 Å². The van der Waals surface area contributed by atoms with Gasteiger partial charge in [-0.05, 0) is 35.4 Å². The molecule has 2 heterocycles. The number of ether oxygens (including phenoxy) is 3. The number of rotatable bonds is 6. The van der Waals surface area contributed by atoms with E-state index in [1.54, 1.807) is 0 Å². The summed E-state index contributed by atoms with van der Waals surface area (Å²) < 4.78 is 98.6. The number of esters is 1. The summed E-state index contributed by atoms with van der Waals surface area (Å²) in [6.45, 7) is 0.773. The lowest BCUT2D eigenvalue weighted by atomic mass is 9.77. The van der Waals surface area contributed by atoms with Gasteiger partial charge in [-0.3, -0.25) is 4.79 Å². The van der Waals surface area contributed by atoms with E-state index >= 15 is 0 Å². The Morgan fingerprint density at radius 3 is 2.43 bits per heavy atom. The Labute approximate surface area is 238 Å². The van der Waals surface area contributed by atoms with Crippen LogP contribution in [-0.4, -0.2) is 53.9 Å². The van der Waals surface area contributed by atoms with Gasteiger partial charge in [-0.25, -0.2) is 9.78 Å². The topological polar surface area (TPSA) is 111 Å². The van der Waals surface area contributed by atoms with Crippen molar-refractivity contribution in [3.63, 3.8) is 0 Å². The smallest absolute Gasteiger partial charge is 0.434 e. The summed E-state index contributed by atoms with van der Waals surface area (Å²) in [7, 11) is 2.22. The van der Waals surface area contributed by atoms with Crippen LogP contribution in [0.2, 0.25) is 5.02 Å². The van der Waals surface area contributed by atoms with Crippen LogP contribution in [0, 0.1) is 0 Å². The second-order valence-corrected chi connectivity index (χ2v) is 9.51. The number of alkyl halides is 6. The molecule has 0 unspecified atom stereocenters. The van der Waals surface area contributed by atoms with Gasteiger partial charge in [0.25, 0.3) is 5.91 Å². The summed E-state index contributed by atoms with van der Waals surface area (Å²) in [6, 6.07) is 5.56. The molecular formula is C26H20ClF6N3O6. The van der Waals surface area contributed by atoms with E-state index in [9.17, 15) is 41.0 Å². The lowest BCUT2D eigenvalue weighted by molar-refractivity contribution is -0.274. The Morgan fingerprint density at radius 1 is 1.14 bits per heavy atom. The number of hydrogen-bond acceptors (Lipinski definition) is 8. The van der Waals surface area contributed by atoms with Crippen LogP contribution >= 0.6 is 11.6 Å². The van der Waals surface area contributed by atoms with E-state index in [4.69, 9.17) is 21.1 Å². The highest BCUT2D eigenvalue weighted by Crippen LogP contribution is 2.51. The van der Waals surface area contributed by atoms with E-state index < -0.39 is 58.6 Å². The zero-order valence-electron chi connectivity index (χ0n) is 21.8.